The van der Waals surface area contributed by atoms with E-state index in [4.69, 9.17) is 5.73 Å². The van der Waals surface area contributed by atoms with Gasteiger partial charge >= 0.3 is 0 Å². The summed E-state index contributed by atoms with van der Waals surface area (Å²) in [7, 11) is 0. The van der Waals surface area contributed by atoms with Crippen LogP contribution in [0.2, 0.25) is 0 Å². The first-order valence-electron chi connectivity index (χ1n) is 10.3. The summed E-state index contributed by atoms with van der Waals surface area (Å²) in [6.07, 6.45) is 14.2. The van der Waals surface area contributed by atoms with Crippen LogP contribution in [0.5, 0.6) is 0 Å². The SMILES string of the molecule is CC(CC(=O)NCC(N)=O)CC(=O)NC1CCCCCCCCCCC1. The molecule has 1 unspecified atom stereocenters. The normalized spacial score (nSPS) is 18.8. The first kappa shape index (κ1) is 22.5. The molecule has 0 radical (unpaired) electrons. The maximum Gasteiger partial charge on any atom is 0.236 e. The maximum atomic E-state index is 12.3. The van der Waals surface area contributed by atoms with Crippen molar-refractivity contribution in [3.05, 3.63) is 0 Å². The molecule has 1 aliphatic rings. The van der Waals surface area contributed by atoms with Gasteiger partial charge < -0.3 is 16.4 Å². The summed E-state index contributed by atoms with van der Waals surface area (Å²) in [5.41, 5.74) is 5.00. The Hall–Kier alpha value is -1.59. The van der Waals surface area contributed by atoms with Crippen molar-refractivity contribution < 1.29 is 14.4 Å². The molecule has 1 aliphatic carbocycles. The molecule has 0 heterocycles. The molecule has 1 atom stereocenters. The third-order valence-electron chi connectivity index (χ3n) is 5.00. The number of rotatable bonds is 7. The molecule has 0 aromatic rings. The lowest BCUT2D eigenvalue weighted by Gasteiger charge is -2.20. The molecule has 1 saturated carbocycles. The van der Waals surface area contributed by atoms with Crippen molar-refractivity contribution in [3.63, 3.8) is 0 Å². The minimum atomic E-state index is -0.564. The molecule has 0 aliphatic heterocycles. The lowest BCUT2D eigenvalue weighted by Crippen LogP contribution is -2.37. The molecule has 0 bridgehead atoms. The van der Waals surface area contributed by atoms with Crippen LogP contribution in [-0.4, -0.2) is 30.3 Å². The molecule has 6 nitrogen and oxygen atoms in total. The molecule has 0 aromatic carbocycles. The Bertz CT molecular complexity index is 428. The van der Waals surface area contributed by atoms with Crippen LogP contribution in [-0.2, 0) is 14.4 Å². The van der Waals surface area contributed by atoms with Crippen LogP contribution in [0, 0.1) is 5.92 Å². The largest absolute Gasteiger partial charge is 0.368 e. The Balaban J connectivity index is 2.32. The third-order valence-corrected chi connectivity index (χ3v) is 5.00. The second-order valence-electron chi connectivity index (χ2n) is 7.78. The van der Waals surface area contributed by atoms with Gasteiger partial charge in [-0.1, -0.05) is 64.7 Å². The van der Waals surface area contributed by atoms with Crippen molar-refractivity contribution in [3.8, 4) is 0 Å². The second kappa shape index (κ2) is 13.6. The lowest BCUT2D eigenvalue weighted by atomic mass is 9.97. The van der Waals surface area contributed by atoms with Crippen LogP contribution < -0.4 is 16.4 Å². The van der Waals surface area contributed by atoms with Gasteiger partial charge in [0, 0.05) is 18.9 Å². The molecule has 26 heavy (non-hydrogen) atoms. The van der Waals surface area contributed by atoms with Gasteiger partial charge in [-0.3, -0.25) is 14.4 Å². The summed E-state index contributed by atoms with van der Waals surface area (Å²) in [6, 6.07) is 0.262. The van der Waals surface area contributed by atoms with Gasteiger partial charge in [-0.15, -0.1) is 0 Å². The maximum absolute atomic E-state index is 12.3. The van der Waals surface area contributed by atoms with E-state index in [9.17, 15) is 14.4 Å². The number of hydrogen-bond acceptors (Lipinski definition) is 3. The van der Waals surface area contributed by atoms with Gasteiger partial charge in [0.25, 0.3) is 0 Å². The fourth-order valence-corrected chi connectivity index (χ4v) is 3.56. The molecule has 4 N–H and O–H groups in total. The average molecular weight is 368 g/mol. The monoisotopic (exact) mass is 367 g/mol. The minimum Gasteiger partial charge on any atom is -0.368 e. The highest BCUT2D eigenvalue weighted by Crippen LogP contribution is 2.17. The van der Waals surface area contributed by atoms with Gasteiger partial charge in [0.1, 0.15) is 0 Å². The number of carbonyl (C=O) groups is 3. The van der Waals surface area contributed by atoms with Crippen molar-refractivity contribution in [1.82, 2.24) is 10.6 Å². The summed E-state index contributed by atoms with van der Waals surface area (Å²) in [5, 5.41) is 5.64. The zero-order chi connectivity index (χ0) is 19.2. The molecule has 0 spiro atoms. The number of carbonyl (C=O) groups excluding carboxylic acids is 3. The molecule has 1 fully saturated rings. The van der Waals surface area contributed by atoms with Crippen LogP contribution in [0.25, 0.3) is 0 Å². The zero-order valence-electron chi connectivity index (χ0n) is 16.4. The lowest BCUT2D eigenvalue weighted by molar-refractivity contribution is -0.126. The van der Waals surface area contributed by atoms with E-state index in [0.29, 0.717) is 6.42 Å². The Morgan fingerprint density at radius 3 is 1.81 bits per heavy atom. The van der Waals surface area contributed by atoms with E-state index in [-0.39, 0.29) is 36.7 Å². The highest BCUT2D eigenvalue weighted by Gasteiger charge is 2.17. The number of nitrogens with two attached hydrogens (primary N) is 1. The predicted octanol–water partition coefficient (Wildman–Crippen LogP) is 2.79. The highest BCUT2D eigenvalue weighted by atomic mass is 16.2. The molecule has 6 heteroatoms. The number of primary amides is 1. The first-order valence-corrected chi connectivity index (χ1v) is 10.3. The fraction of sp³-hybridized carbons (Fsp3) is 0.850. The van der Waals surface area contributed by atoms with E-state index in [0.717, 1.165) is 12.8 Å². The average Bonchev–Trinajstić information content (AvgIpc) is 2.55. The van der Waals surface area contributed by atoms with Gasteiger partial charge in [0.15, 0.2) is 0 Å². The molecular weight excluding hydrogens is 330 g/mol. The highest BCUT2D eigenvalue weighted by molar-refractivity contribution is 5.84. The topological polar surface area (TPSA) is 101 Å². The number of amides is 3. The first-order chi connectivity index (χ1) is 12.5. The van der Waals surface area contributed by atoms with Crippen molar-refractivity contribution >= 4 is 17.7 Å². The van der Waals surface area contributed by atoms with E-state index in [1.807, 2.05) is 6.92 Å². The second-order valence-corrected chi connectivity index (χ2v) is 7.78. The third kappa shape index (κ3) is 11.9. The molecule has 150 valence electrons. The van der Waals surface area contributed by atoms with Crippen molar-refractivity contribution in [2.75, 3.05) is 6.54 Å². The molecule has 0 saturated heterocycles. The summed E-state index contributed by atoms with van der Waals surface area (Å²) >= 11 is 0. The Labute approximate surface area is 158 Å². The van der Waals surface area contributed by atoms with Gasteiger partial charge in [0.05, 0.1) is 6.54 Å². The van der Waals surface area contributed by atoms with E-state index in [2.05, 4.69) is 10.6 Å². The van der Waals surface area contributed by atoms with Crippen molar-refractivity contribution in [2.24, 2.45) is 11.7 Å². The summed E-state index contributed by atoms with van der Waals surface area (Å²) in [4.78, 5) is 34.7. The molecule has 0 aromatic heterocycles. The number of hydrogen-bond donors (Lipinski definition) is 3. The minimum absolute atomic E-state index is 0.0253. The van der Waals surface area contributed by atoms with E-state index in [1.165, 1.54) is 57.8 Å². The van der Waals surface area contributed by atoms with Gasteiger partial charge in [0.2, 0.25) is 17.7 Å². The standard InChI is InChI=1S/C20H37N3O3/c1-16(13-19(25)22-15-18(21)24)14-20(26)23-17-11-9-7-5-3-2-4-6-8-10-12-17/h16-17H,2-15H2,1H3,(H2,21,24)(H,22,25)(H,23,26). The van der Waals surface area contributed by atoms with Gasteiger partial charge in [-0.2, -0.15) is 0 Å². The summed E-state index contributed by atoms with van der Waals surface area (Å²) < 4.78 is 0. The summed E-state index contributed by atoms with van der Waals surface area (Å²) in [6.45, 7) is 1.73. The van der Waals surface area contributed by atoms with Crippen LogP contribution in [0.4, 0.5) is 0 Å². The molecule has 3 amide bonds. The van der Waals surface area contributed by atoms with Crippen molar-refractivity contribution in [1.29, 1.82) is 0 Å². The number of nitrogens with one attached hydrogen (secondary N) is 2. The Kier molecular flexibility index (Phi) is 11.7. The molecule has 1 rings (SSSR count). The Morgan fingerprint density at radius 2 is 1.31 bits per heavy atom. The van der Waals surface area contributed by atoms with Crippen LogP contribution in [0.1, 0.15) is 90.4 Å². The molecular formula is C20H37N3O3. The van der Waals surface area contributed by atoms with E-state index < -0.39 is 5.91 Å². The fourth-order valence-electron chi connectivity index (χ4n) is 3.56. The van der Waals surface area contributed by atoms with E-state index >= 15 is 0 Å². The predicted molar refractivity (Wildman–Crippen MR) is 103 cm³/mol. The quantitative estimate of drug-likeness (QED) is 0.645. The van der Waals surface area contributed by atoms with Gasteiger partial charge in [-0.25, -0.2) is 0 Å². The summed E-state index contributed by atoms with van der Waals surface area (Å²) in [5.74, 6) is -0.840. The zero-order valence-corrected chi connectivity index (χ0v) is 16.4. The smallest absolute Gasteiger partial charge is 0.236 e. The van der Waals surface area contributed by atoms with Crippen LogP contribution in [0.15, 0.2) is 0 Å². The Morgan fingerprint density at radius 1 is 0.846 bits per heavy atom. The van der Waals surface area contributed by atoms with E-state index in [1.54, 1.807) is 0 Å². The van der Waals surface area contributed by atoms with Crippen LogP contribution >= 0.6 is 0 Å². The van der Waals surface area contributed by atoms with Crippen molar-refractivity contribution in [2.45, 2.75) is 96.4 Å². The van der Waals surface area contributed by atoms with Gasteiger partial charge in [-0.05, 0) is 18.8 Å². The van der Waals surface area contributed by atoms with Crippen LogP contribution in [0.3, 0.4) is 0 Å².